The first-order valence-electron chi connectivity index (χ1n) is 7.45. The Hall–Kier alpha value is -1.51. The molecule has 0 radical (unpaired) electrons. The van der Waals surface area contributed by atoms with Crippen molar-refractivity contribution in [3.63, 3.8) is 0 Å². The first-order chi connectivity index (χ1) is 9.43. The van der Waals surface area contributed by atoms with Crippen molar-refractivity contribution in [1.29, 1.82) is 0 Å². The molecule has 1 heterocycles. The largest absolute Gasteiger partial charge is 0.465 e. The van der Waals surface area contributed by atoms with Crippen LogP contribution in [0, 0.1) is 16.7 Å². The summed E-state index contributed by atoms with van der Waals surface area (Å²) in [6.45, 7) is 7.05. The van der Waals surface area contributed by atoms with Gasteiger partial charge in [-0.15, -0.1) is 0 Å². The number of hydrogen-bond donors (Lipinski definition) is 1. The first kappa shape index (κ1) is 13.5. The lowest BCUT2D eigenvalue weighted by Gasteiger charge is -2.39. The fourth-order valence-electron chi connectivity index (χ4n) is 4.19. The Labute approximate surface area is 120 Å². The average molecular weight is 273 g/mol. The number of hydrogen-bond acceptors (Lipinski definition) is 2. The van der Waals surface area contributed by atoms with E-state index in [2.05, 4.69) is 26.1 Å². The summed E-state index contributed by atoms with van der Waals surface area (Å²) >= 11 is 0. The molecule has 1 aromatic rings. The van der Waals surface area contributed by atoms with E-state index in [9.17, 15) is 4.79 Å². The number of carbonyl (C=O) groups excluding carboxylic acids is 1. The standard InChI is InChI=1S/C17H23NO2/c1-16(2)12-8-9-17(16,3)14(11-12)18-15(19)7-6-13-5-4-10-20-13/h4-7,10,12,14H,8-9,11H2,1-3H3,(H,18,19)/b7-6+. The number of nitrogens with one attached hydrogen (secondary N) is 1. The summed E-state index contributed by atoms with van der Waals surface area (Å²) in [6, 6.07) is 3.95. The highest BCUT2D eigenvalue weighted by atomic mass is 16.3. The lowest BCUT2D eigenvalue weighted by Crippen LogP contribution is -2.46. The van der Waals surface area contributed by atoms with E-state index in [0.717, 1.165) is 12.3 Å². The lowest BCUT2D eigenvalue weighted by molar-refractivity contribution is -0.118. The van der Waals surface area contributed by atoms with Gasteiger partial charge in [-0.2, -0.15) is 0 Å². The quantitative estimate of drug-likeness (QED) is 0.855. The number of amides is 1. The summed E-state index contributed by atoms with van der Waals surface area (Å²) in [5.41, 5.74) is 0.557. The lowest BCUT2D eigenvalue weighted by atomic mass is 9.69. The Kier molecular flexibility index (Phi) is 3.03. The molecule has 3 rings (SSSR count). The minimum Gasteiger partial charge on any atom is -0.465 e. The van der Waals surface area contributed by atoms with E-state index in [-0.39, 0.29) is 11.3 Å². The van der Waals surface area contributed by atoms with Crippen LogP contribution in [0.25, 0.3) is 6.08 Å². The predicted octanol–water partition coefficient (Wildman–Crippen LogP) is 3.62. The highest BCUT2D eigenvalue weighted by molar-refractivity contribution is 5.91. The van der Waals surface area contributed by atoms with E-state index in [1.807, 2.05) is 12.1 Å². The van der Waals surface area contributed by atoms with Crippen LogP contribution < -0.4 is 5.32 Å². The van der Waals surface area contributed by atoms with Crippen LogP contribution in [0.1, 0.15) is 45.8 Å². The topological polar surface area (TPSA) is 42.2 Å². The van der Waals surface area contributed by atoms with Gasteiger partial charge in [0.2, 0.25) is 5.91 Å². The molecule has 108 valence electrons. The van der Waals surface area contributed by atoms with Crippen LogP contribution in [0.4, 0.5) is 0 Å². The minimum atomic E-state index is -0.0176. The zero-order chi connectivity index (χ0) is 14.4. The van der Waals surface area contributed by atoms with E-state index in [1.165, 1.54) is 12.8 Å². The number of fused-ring (bicyclic) bond motifs is 2. The molecule has 2 bridgehead atoms. The normalized spacial score (nSPS) is 34.8. The van der Waals surface area contributed by atoms with Gasteiger partial charge in [-0.05, 0) is 54.2 Å². The summed E-state index contributed by atoms with van der Waals surface area (Å²) in [5, 5.41) is 3.20. The molecule has 3 atom stereocenters. The number of furan rings is 1. The molecule has 0 spiro atoms. The van der Waals surface area contributed by atoms with Gasteiger partial charge in [0.15, 0.2) is 0 Å². The van der Waals surface area contributed by atoms with Crippen LogP contribution >= 0.6 is 0 Å². The third-order valence-corrected chi connectivity index (χ3v) is 6.05. The van der Waals surface area contributed by atoms with E-state index < -0.39 is 0 Å². The smallest absolute Gasteiger partial charge is 0.244 e. The third kappa shape index (κ3) is 1.91. The molecule has 2 saturated carbocycles. The third-order valence-electron chi connectivity index (χ3n) is 6.05. The van der Waals surface area contributed by atoms with E-state index in [1.54, 1.807) is 18.4 Å². The molecular formula is C17H23NO2. The SMILES string of the molecule is CC1(C)C2CCC1(C)C(NC(=O)/C=C/c1ccco1)C2. The van der Waals surface area contributed by atoms with Gasteiger partial charge in [-0.1, -0.05) is 20.8 Å². The molecule has 0 saturated heterocycles. The van der Waals surface area contributed by atoms with Gasteiger partial charge in [0, 0.05) is 12.1 Å². The minimum absolute atomic E-state index is 0.0176. The maximum Gasteiger partial charge on any atom is 0.244 e. The second kappa shape index (κ2) is 4.51. The molecule has 2 fully saturated rings. The van der Waals surface area contributed by atoms with Gasteiger partial charge >= 0.3 is 0 Å². The Morgan fingerprint density at radius 3 is 2.80 bits per heavy atom. The van der Waals surface area contributed by atoms with E-state index in [4.69, 9.17) is 4.42 Å². The van der Waals surface area contributed by atoms with Crippen molar-refractivity contribution in [3.8, 4) is 0 Å². The van der Waals surface area contributed by atoms with Crippen LogP contribution in [0.3, 0.4) is 0 Å². The Morgan fingerprint density at radius 2 is 2.25 bits per heavy atom. The molecule has 0 aromatic carbocycles. The molecule has 1 amide bonds. The molecule has 1 aromatic heterocycles. The zero-order valence-corrected chi connectivity index (χ0v) is 12.5. The summed E-state index contributed by atoms with van der Waals surface area (Å²) in [6.07, 6.45) is 8.54. The number of carbonyl (C=O) groups is 1. The molecule has 3 unspecified atom stereocenters. The van der Waals surface area contributed by atoms with Crippen molar-refractivity contribution in [3.05, 3.63) is 30.2 Å². The summed E-state index contributed by atoms with van der Waals surface area (Å²) < 4.78 is 5.19. The molecular weight excluding hydrogens is 250 g/mol. The zero-order valence-electron chi connectivity index (χ0n) is 12.5. The monoisotopic (exact) mass is 273 g/mol. The van der Waals surface area contributed by atoms with Crippen molar-refractivity contribution in [2.24, 2.45) is 16.7 Å². The summed E-state index contributed by atoms with van der Waals surface area (Å²) in [5.74, 6) is 1.43. The van der Waals surface area contributed by atoms with Crippen LogP contribution in [0.15, 0.2) is 28.9 Å². The first-order valence-corrected chi connectivity index (χ1v) is 7.45. The van der Waals surface area contributed by atoms with E-state index >= 15 is 0 Å². The van der Waals surface area contributed by atoms with Gasteiger partial charge in [-0.3, -0.25) is 4.79 Å². The van der Waals surface area contributed by atoms with Crippen LogP contribution in [0.5, 0.6) is 0 Å². The summed E-state index contributed by atoms with van der Waals surface area (Å²) in [4.78, 5) is 12.1. The molecule has 1 N–H and O–H groups in total. The highest BCUT2D eigenvalue weighted by Crippen LogP contribution is 2.65. The molecule has 2 aliphatic rings. The Bertz CT molecular complexity index is 529. The van der Waals surface area contributed by atoms with Gasteiger partial charge in [0.05, 0.1) is 6.26 Å². The fourth-order valence-corrected chi connectivity index (χ4v) is 4.19. The van der Waals surface area contributed by atoms with Crippen LogP contribution in [-0.4, -0.2) is 11.9 Å². The van der Waals surface area contributed by atoms with Crippen molar-refractivity contribution < 1.29 is 9.21 Å². The van der Waals surface area contributed by atoms with Crippen molar-refractivity contribution in [2.75, 3.05) is 0 Å². The highest BCUT2D eigenvalue weighted by Gasteiger charge is 2.61. The van der Waals surface area contributed by atoms with Gasteiger partial charge in [0.25, 0.3) is 0 Å². The Morgan fingerprint density at radius 1 is 1.45 bits per heavy atom. The number of rotatable bonds is 3. The average Bonchev–Trinajstić information content (AvgIpc) is 3.02. The van der Waals surface area contributed by atoms with Crippen molar-refractivity contribution >= 4 is 12.0 Å². The van der Waals surface area contributed by atoms with Gasteiger partial charge < -0.3 is 9.73 Å². The Balaban J connectivity index is 1.66. The molecule has 3 heteroatoms. The second-order valence-corrected chi connectivity index (χ2v) is 7.02. The molecule has 20 heavy (non-hydrogen) atoms. The second-order valence-electron chi connectivity index (χ2n) is 7.02. The maximum atomic E-state index is 12.1. The fraction of sp³-hybridized carbons (Fsp3) is 0.588. The van der Waals surface area contributed by atoms with Crippen molar-refractivity contribution in [2.45, 2.75) is 46.1 Å². The molecule has 0 aliphatic heterocycles. The maximum absolute atomic E-state index is 12.1. The predicted molar refractivity (Wildman–Crippen MR) is 78.9 cm³/mol. The molecule has 3 nitrogen and oxygen atoms in total. The van der Waals surface area contributed by atoms with Crippen LogP contribution in [-0.2, 0) is 4.79 Å². The molecule has 2 aliphatic carbocycles. The van der Waals surface area contributed by atoms with Gasteiger partial charge in [-0.25, -0.2) is 0 Å². The summed E-state index contributed by atoms with van der Waals surface area (Å²) in [7, 11) is 0. The van der Waals surface area contributed by atoms with Crippen molar-refractivity contribution in [1.82, 2.24) is 5.32 Å². The van der Waals surface area contributed by atoms with Gasteiger partial charge in [0.1, 0.15) is 5.76 Å². The van der Waals surface area contributed by atoms with E-state index in [0.29, 0.717) is 17.2 Å². The van der Waals surface area contributed by atoms with Crippen LogP contribution in [0.2, 0.25) is 0 Å².